The van der Waals surface area contributed by atoms with Crippen LogP contribution in [-0.4, -0.2) is 59.1 Å². The number of aryl methyl sites for hydroxylation is 1. The lowest BCUT2D eigenvalue weighted by Gasteiger charge is -2.30. The van der Waals surface area contributed by atoms with Gasteiger partial charge in [-0.05, 0) is 85.5 Å². The molecule has 0 saturated carbocycles. The fourth-order valence-corrected chi connectivity index (χ4v) is 5.54. The number of carbonyl (C=O) groups excluding carboxylic acids is 1. The number of sulfone groups is 1. The van der Waals surface area contributed by atoms with Gasteiger partial charge in [-0.25, -0.2) is 13.4 Å². The van der Waals surface area contributed by atoms with Gasteiger partial charge < -0.3 is 15.6 Å². The summed E-state index contributed by atoms with van der Waals surface area (Å²) in [5.74, 6) is -0.360. The van der Waals surface area contributed by atoms with Gasteiger partial charge in [-0.15, -0.1) is 0 Å². The van der Waals surface area contributed by atoms with Crippen LogP contribution in [0.2, 0.25) is 0 Å². The van der Waals surface area contributed by atoms with E-state index < -0.39 is 9.84 Å². The first kappa shape index (κ1) is 26.7. The van der Waals surface area contributed by atoms with E-state index in [4.69, 9.17) is 5.73 Å². The molecule has 0 radical (unpaired) electrons. The van der Waals surface area contributed by atoms with Crippen molar-refractivity contribution in [2.24, 2.45) is 5.73 Å². The van der Waals surface area contributed by atoms with Crippen molar-refractivity contribution in [3.63, 3.8) is 0 Å². The molecule has 9 nitrogen and oxygen atoms in total. The summed E-state index contributed by atoms with van der Waals surface area (Å²) in [5.41, 5.74) is 11.3. The van der Waals surface area contributed by atoms with E-state index in [2.05, 4.69) is 26.3 Å². The number of nitrogens with zero attached hydrogens (tertiary/aromatic N) is 4. The number of imidazole rings is 1. The number of pyridine rings is 1. The van der Waals surface area contributed by atoms with Crippen molar-refractivity contribution in [2.75, 3.05) is 24.7 Å². The topological polar surface area (TPSA) is 123 Å². The van der Waals surface area contributed by atoms with Crippen molar-refractivity contribution in [1.29, 1.82) is 0 Å². The van der Waals surface area contributed by atoms with Crippen LogP contribution in [0.5, 0.6) is 0 Å². The molecule has 1 fully saturated rings. The van der Waals surface area contributed by atoms with E-state index in [1.165, 1.54) is 6.26 Å². The number of aromatic nitrogens is 3. The number of rotatable bonds is 7. The molecule has 4 aromatic rings. The molecule has 3 heterocycles. The summed E-state index contributed by atoms with van der Waals surface area (Å²) >= 11 is 0. The maximum atomic E-state index is 13.3. The molecule has 0 bridgehead atoms. The minimum Gasteiger partial charge on any atom is -0.327 e. The third-order valence-corrected chi connectivity index (χ3v) is 7.89. The van der Waals surface area contributed by atoms with Gasteiger partial charge in [0.1, 0.15) is 5.69 Å². The average Bonchev–Trinajstić information content (AvgIpc) is 3.34. The van der Waals surface area contributed by atoms with Gasteiger partial charge in [-0.1, -0.05) is 12.1 Å². The van der Waals surface area contributed by atoms with Crippen molar-refractivity contribution in [1.82, 2.24) is 19.4 Å². The molecule has 1 aliphatic rings. The number of benzene rings is 2. The van der Waals surface area contributed by atoms with E-state index in [1.54, 1.807) is 48.9 Å². The molecule has 2 aromatic heterocycles. The fourth-order valence-electron chi connectivity index (χ4n) is 4.88. The largest absolute Gasteiger partial charge is 0.327 e. The second-order valence-electron chi connectivity index (χ2n) is 10.1. The summed E-state index contributed by atoms with van der Waals surface area (Å²) in [4.78, 5) is 24.5. The van der Waals surface area contributed by atoms with Crippen LogP contribution in [0.3, 0.4) is 0 Å². The molecule has 202 valence electrons. The zero-order valence-corrected chi connectivity index (χ0v) is 22.9. The first-order chi connectivity index (χ1) is 18.6. The number of nitrogens with one attached hydrogen (secondary N) is 1. The Morgan fingerprint density at radius 3 is 2.67 bits per heavy atom. The normalized spacial score (nSPS) is 16.2. The molecule has 1 amide bonds. The van der Waals surface area contributed by atoms with E-state index >= 15 is 0 Å². The van der Waals surface area contributed by atoms with E-state index in [0.717, 1.165) is 49.4 Å². The summed E-state index contributed by atoms with van der Waals surface area (Å²) in [6.45, 7) is 4.49. The maximum absolute atomic E-state index is 13.3. The standard InChI is InChI=1S/C29H32N6O3S/c1-20-16-35(19-32-20)26-12-21(17-34-10-4-6-24(30)18-34)11-25(15-26)33-29(36)28-14-23(8-9-31-28)22-5-3-7-27(13-22)39(2,37)38/h3,5,7-9,11-16,19,24H,4,6,10,17-18,30H2,1-2H3,(H,33,36). The van der Waals surface area contributed by atoms with Gasteiger partial charge in [-0.2, -0.15) is 0 Å². The highest BCUT2D eigenvalue weighted by molar-refractivity contribution is 7.90. The predicted octanol–water partition coefficient (Wildman–Crippen LogP) is 3.82. The number of nitrogens with two attached hydrogens (primary N) is 1. The summed E-state index contributed by atoms with van der Waals surface area (Å²) in [6.07, 6.45) is 8.53. The highest BCUT2D eigenvalue weighted by Gasteiger charge is 2.18. The van der Waals surface area contributed by atoms with Crippen molar-refractivity contribution < 1.29 is 13.2 Å². The van der Waals surface area contributed by atoms with Crippen molar-refractivity contribution in [3.05, 3.63) is 90.3 Å². The quantitative estimate of drug-likeness (QED) is 0.363. The van der Waals surface area contributed by atoms with Crippen molar-refractivity contribution >= 4 is 21.4 Å². The number of carbonyl (C=O) groups is 1. The Hall–Kier alpha value is -3.86. The van der Waals surface area contributed by atoms with Gasteiger partial charge in [0, 0.05) is 49.2 Å². The Morgan fingerprint density at radius 1 is 1.10 bits per heavy atom. The lowest BCUT2D eigenvalue weighted by Crippen LogP contribution is -2.42. The number of hydrogen-bond acceptors (Lipinski definition) is 7. The first-order valence-electron chi connectivity index (χ1n) is 12.8. The van der Waals surface area contributed by atoms with Gasteiger partial charge in [0.15, 0.2) is 9.84 Å². The average molecular weight is 545 g/mol. The Bertz CT molecular complexity index is 1610. The zero-order valence-electron chi connectivity index (χ0n) is 22.0. The van der Waals surface area contributed by atoms with Gasteiger partial charge in [-0.3, -0.25) is 14.7 Å². The highest BCUT2D eigenvalue weighted by Crippen LogP contribution is 2.25. The molecular weight excluding hydrogens is 512 g/mol. The van der Waals surface area contributed by atoms with Crippen LogP contribution >= 0.6 is 0 Å². The van der Waals surface area contributed by atoms with Crippen molar-refractivity contribution in [3.8, 4) is 16.8 Å². The SMILES string of the molecule is Cc1cn(-c2cc(CN3CCCC(N)C3)cc(NC(=O)c3cc(-c4cccc(S(C)(=O)=O)c4)ccn3)c2)cn1. The monoisotopic (exact) mass is 544 g/mol. The first-order valence-corrected chi connectivity index (χ1v) is 14.7. The minimum absolute atomic E-state index is 0.175. The molecule has 1 aliphatic heterocycles. The third-order valence-electron chi connectivity index (χ3n) is 6.78. The molecule has 0 aliphatic carbocycles. The van der Waals surface area contributed by atoms with E-state index in [-0.39, 0.29) is 22.5 Å². The summed E-state index contributed by atoms with van der Waals surface area (Å²) < 4.78 is 25.9. The molecular formula is C29H32N6O3S. The summed E-state index contributed by atoms with van der Waals surface area (Å²) in [7, 11) is -3.36. The van der Waals surface area contributed by atoms with Crippen LogP contribution in [-0.2, 0) is 16.4 Å². The Balaban J connectivity index is 1.42. The fraction of sp³-hybridized carbons (Fsp3) is 0.276. The Kier molecular flexibility index (Phi) is 7.60. The Morgan fingerprint density at radius 2 is 1.92 bits per heavy atom. The minimum atomic E-state index is -3.36. The van der Waals surface area contributed by atoms with Crippen LogP contribution in [0.15, 0.2) is 78.2 Å². The number of anilines is 1. The Labute approximate surface area is 228 Å². The zero-order chi connectivity index (χ0) is 27.6. The van der Waals surface area contributed by atoms with Crippen LogP contribution in [0.4, 0.5) is 5.69 Å². The van der Waals surface area contributed by atoms with E-state index in [0.29, 0.717) is 16.8 Å². The lowest BCUT2D eigenvalue weighted by atomic mass is 10.0. The summed E-state index contributed by atoms with van der Waals surface area (Å²) in [5, 5.41) is 3.00. The van der Waals surface area contributed by atoms with E-state index in [1.807, 2.05) is 29.8 Å². The molecule has 5 rings (SSSR count). The highest BCUT2D eigenvalue weighted by atomic mass is 32.2. The van der Waals surface area contributed by atoms with Crippen LogP contribution in [0, 0.1) is 6.92 Å². The molecule has 10 heteroatoms. The lowest BCUT2D eigenvalue weighted by molar-refractivity contribution is 0.102. The maximum Gasteiger partial charge on any atom is 0.274 e. The molecule has 0 spiro atoms. The number of amides is 1. The molecule has 3 N–H and O–H groups in total. The second kappa shape index (κ2) is 11.1. The van der Waals surface area contributed by atoms with Gasteiger partial charge >= 0.3 is 0 Å². The predicted molar refractivity (Wildman–Crippen MR) is 152 cm³/mol. The second-order valence-corrected chi connectivity index (χ2v) is 12.1. The smallest absolute Gasteiger partial charge is 0.274 e. The molecule has 1 atom stereocenters. The number of piperidine rings is 1. The van der Waals surface area contributed by atoms with Crippen molar-refractivity contribution in [2.45, 2.75) is 37.2 Å². The number of likely N-dealkylation sites (tertiary alicyclic amines) is 1. The molecule has 1 saturated heterocycles. The van der Waals surface area contributed by atoms with Crippen LogP contribution in [0.1, 0.15) is 34.6 Å². The van der Waals surface area contributed by atoms with Crippen LogP contribution in [0.25, 0.3) is 16.8 Å². The van der Waals surface area contributed by atoms with Gasteiger partial charge in [0.25, 0.3) is 5.91 Å². The van der Waals surface area contributed by atoms with Crippen LogP contribution < -0.4 is 11.1 Å². The number of hydrogen-bond donors (Lipinski definition) is 2. The molecule has 1 unspecified atom stereocenters. The van der Waals surface area contributed by atoms with E-state index in [9.17, 15) is 13.2 Å². The third kappa shape index (κ3) is 6.59. The van der Waals surface area contributed by atoms with Gasteiger partial charge in [0.2, 0.25) is 0 Å². The summed E-state index contributed by atoms with van der Waals surface area (Å²) in [6, 6.07) is 16.2. The van der Waals surface area contributed by atoms with Gasteiger partial charge in [0.05, 0.1) is 16.9 Å². The molecule has 2 aromatic carbocycles. The molecule has 39 heavy (non-hydrogen) atoms.